The topological polar surface area (TPSA) is 27.6 Å². The molecule has 0 aromatic heterocycles. The summed E-state index contributed by atoms with van der Waals surface area (Å²) in [7, 11) is 4.24. The van der Waals surface area contributed by atoms with Gasteiger partial charge in [-0.2, -0.15) is 5.10 Å². The van der Waals surface area contributed by atoms with Crippen LogP contribution in [0.3, 0.4) is 0 Å². The van der Waals surface area contributed by atoms with E-state index in [-0.39, 0.29) is 5.92 Å². The molecule has 1 N–H and O–H groups in total. The lowest BCUT2D eigenvalue weighted by atomic mass is 9.89. The van der Waals surface area contributed by atoms with Gasteiger partial charge in [-0.25, -0.2) is 0 Å². The van der Waals surface area contributed by atoms with E-state index in [9.17, 15) is 0 Å². The normalized spacial score (nSPS) is 13.8. The summed E-state index contributed by atoms with van der Waals surface area (Å²) in [6.45, 7) is 6.71. The van der Waals surface area contributed by atoms with Gasteiger partial charge < -0.3 is 4.90 Å². The van der Waals surface area contributed by atoms with Crippen LogP contribution in [0.1, 0.15) is 35.4 Å². The molecule has 0 spiro atoms. The SMILES string of the molecule is C=CN/N=C\C(C)c1ccc(C(CN(C)C)c2ccccc2)cc1. The van der Waals surface area contributed by atoms with Crippen molar-refractivity contribution in [3.05, 3.63) is 84.1 Å². The average molecular weight is 321 g/mol. The number of benzene rings is 2. The molecule has 2 aromatic rings. The predicted octanol–water partition coefficient (Wildman–Crippen LogP) is 4.20. The Morgan fingerprint density at radius 1 is 1.00 bits per heavy atom. The number of hydrazone groups is 1. The largest absolute Gasteiger partial charge is 0.308 e. The fourth-order valence-corrected chi connectivity index (χ4v) is 2.78. The van der Waals surface area contributed by atoms with Crippen LogP contribution in [0.4, 0.5) is 0 Å². The molecule has 3 heteroatoms. The van der Waals surface area contributed by atoms with Crippen molar-refractivity contribution in [2.75, 3.05) is 20.6 Å². The third kappa shape index (κ3) is 5.07. The quantitative estimate of drug-likeness (QED) is 0.583. The molecule has 2 rings (SSSR count). The second-order valence-electron chi connectivity index (χ2n) is 6.29. The summed E-state index contributed by atoms with van der Waals surface area (Å²) in [4.78, 5) is 2.24. The maximum atomic E-state index is 4.11. The third-order valence-electron chi connectivity index (χ3n) is 4.08. The highest BCUT2D eigenvalue weighted by Crippen LogP contribution is 2.26. The van der Waals surface area contributed by atoms with Crippen LogP contribution in [-0.4, -0.2) is 31.8 Å². The van der Waals surface area contributed by atoms with Crippen molar-refractivity contribution < 1.29 is 0 Å². The van der Waals surface area contributed by atoms with Crippen molar-refractivity contribution in [3.8, 4) is 0 Å². The number of likely N-dealkylation sites (N-methyl/N-ethyl adjacent to an activating group) is 1. The van der Waals surface area contributed by atoms with Crippen molar-refractivity contribution in [1.29, 1.82) is 0 Å². The Bertz CT molecular complexity index is 645. The second kappa shape index (κ2) is 9.04. The Morgan fingerprint density at radius 2 is 1.58 bits per heavy atom. The molecule has 0 aliphatic heterocycles. The average Bonchev–Trinajstić information content (AvgIpc) is 2.60. The van der Waals surface area contributed by atoms with Gasteiger partial charge in [-0.3, -0.25) is 5.43 Å². The maximum Gasteiger partial charge on any atom is 0.0318 e. The van der Waals surface area contributed by atoms with E-state index in [0.717, 1.165) is 6.54 Å². The Kier molecular flexibility index (Phi) is 6.76. The number of hydrogen-bond acceptors (Lipinski definition) is 3. The molecular formula is C21H27N3. The van der Waals surface area contributed by atoms with E-state index in [4.69, 9.17) is 0 Å². The lowest BCUT2D eigenvalue weighted by molar-refractivity contribution is 0.392. The number of nitrogens with zero attached hydrogens (tertiary/aromatic N) is 2. The lowest BCUT2D eigenvalue weighted by Crippen LogP contribution is -2.21. The molecule has 0 fully saturated rings. The molecule has 0 aliphatic carbocycles. The Morgan fingerprint density at radius 3 is 2.17 bits per heavy atom. The molecule has 2 aromatic carbocycles. The minimum atomic E-state index is 0.260. The molecular weight excluding hydrogens is 294 g/mol. The molecule has 0 amide bonds. The first-order chi connectivity index (χ1) is 11.6. The van der Waals surface area contributed by atoms with Gasteiger partial charge in [0.2, 0.25) is 0 Å². The van der Waals surface area contributed by atoms with Crippen LogP contribution in [0.25, 0.3) is 0 Å². The van der Waals surface area contributed by atoms with E-state index in [2.05, 4.69) is 97.6 Å². The predicted molar refractivity (Wildman–Crippen MR) is 104 cm³/mol. The number of rotatable bonds is 8. The fraction of sp³-hybridized carbons (Fsp3) is 0.286. The maximum absolute atomic E-state index is 4.11. The van der Waals surface area contributed by atoms with E-state index in [1.54, 1.807) is 6.20 Å². The minimum Gasteiger partial charge on any atom is -0.308 e. The summed E-state index contributed by atoms with van der Waals surface area (Å²) in [6, 6.07) is 19.6. The van der Waals surface area contributed by atoms with Crippen LogP contribution in [-0.2, 0) is 0 Å². The monoisotopic (exact) mass is 321 g/mol. The van der Waals surface area contributed by atoms with Gasteiger partial charge in [0.15, 0.2) is 0 Å². The molecule has 0 saturated heterocycles. The third-order valence-corrected chi connectivity index (χ3v) is 4.08. The number of nitrogens with one attached hydrogen (secondary N) is 1. The van der Waals surface area contributed by atoms with Crippen LogP contribution in [0.15, 0.2) is 72.5 Å². The highest BCUT2D eigenvalue weighted by atomic mass is 15.3. The molecule has 126 valence electrons. The van der Waals surface area contributed by atoms with E-state index >= 15 is 0 Å². The van der Waals surface area contributed by atoms with E-state index in [1.807, 2.05) is 6.21 Å². The Labute approximate surface area is 145 Å². The fourth-order valence-electron chi connectivity index (χ4n) is 2.78. The van der Waals surface area contributed by atoms with Gasteiger partial charge in [-0.1, -0.05) is 68.1 Å². The van der Waals surface area contributed by atoms with Crippen molar-refractivity contribution in [3.63, 3.8) is 0 Å². The van der Waals surface area contributed by atoms with Gasteiger partial charge in [-0.05, 0) is 30.8 Å². The zero-order chi connectivity index (χ0) is 17.4. The minimum absolute atomic E-state index is 0.260. The molecule has 0 bridgehead atoms. The van der Waals surface area contributed by atoms with Crippen LogP contribution >= 0.6 is 0 Å². The molecule has 2 atom stereocenters. The van der Waals surface area contributed by atoms with Gasteiger partial charge in [-0.15, -0.1) is 0 Å². The van der Waals surface area contributed by atoms with Gasteiger partial charge in [0.25, 0.3) is 0 Å². The molecule has 24 heavy (non-hydrogen) atoms. The molecule has 0 heterocycles. The first-order valence-electron chi connectivity index (χ1n) is 8.31. The molecule has 2 unspecified atom stereocenters. The molecule has 0 aliphatic rings. The number of hydrogen-bond donors (Lipinski definition) is 1. The zero-order valence-electron chi connectivity index (χ0n) is 14.8. The molecule has 0 saturated carbocycles. The Balaban J connectivity index is 2.21. The summed E-state index contributed by atoms with van der Waals surface area (Å²) in [5.41, 5.74) is 6.69. The first kappa shape index (κ1) is 18.0. The summed E-state index contributed by atoms with van der Waals surface area (Å²) < 4.78 is 0. The summed E-state index contributed by atoms with van der Waals surface area (Å²) in [5, 5.41) is 4.11. The smallest absolute Gasteiger partial charge is 0.0318 e. The van der Waals surface area contributed by atoms with Gasteiger partial charge in [0, 0.05) is 30.8 Å². The van der Waals surface area contributed by atoms with Crippen molar-refractivity contribution in [2.24, 2.45) is 5.10 Å². The van der Waals surface area contributed by atoms with E-state index < -0.39 is 0 Å². The van der Waals surface area contributed by atoms with Crippen LogP contribution in [0.2, 0.25) is 0 Å². The van der Waals surface area contributed by atoms with Crippen LogP contribution < -0.4 is 5.43 Å². The van der Waals surface area contributed by atoms with Gasteiger partial charge in [0.1, 0.15) is 0 Å². The second-order valence-corrected chi connectivity index (χ2v) is 6.29. The highest BCUT2D eigenvalue weighted by molar-refractivity contribution is 5.67. The van der Waals surface area contributed by atoms with Crippen molar-refractivity contribution in [1.82, 2.24) is 10.3 Å². The zero-order valence-corrected chi connectivity index (χ0v) is 14.8. The standard InChI is InChI=1S/C21H27N3/c1-5-22-23-15-17(2)18-11-13-20(14-12-18)21(16-24(3)4)19-9-7-6-8-10-19/h5-15,17,21-22H,1,16H2,2-4H3/b23-15-. The van der Waals surface area contributed by atoms with Crippen LogP contribution in [0.5, 0.6) is 0 Å². The highest BCUT2D eigenvalue weighted by Gasteiger charge is 2.15. The van der Waals surface area contributed by atoms with E-state index in [0.29, 0.717) is 5.92 Å². The Hall–Kier alpha value is -2.39. The van der Waals surface area contributed by atoms with Gasteiger partial charge in [0.05, 0.1) is 0 Å². The van der Waals surface area contributed by atoms with Crippen molar-refractivity contribution >= 4 is 6.21 Å². The molecule has 0 radical (unpaired) electrons. The lowest BCUT2D eigenvalue weighted by Gasteiger charge is -2.22. The van der Waals surface area contributed by atoms with E-state index in [1.165, 1.54) is 16.7 Å². The summed E-state index contributed by atoms with van der Waals surface area (Å²) in [6.07, 6.45) is 3.46. The van der Waals surface area contributed by atoms with Crippen LogP contribution in [0, 0.1) is 0 Å². The molecule has 3 nitrogen and oxygen atoms in total. The summed E-state index contributed by atoms with van der Waals surface area (Å²) >= 11 is 0. The summed E-state index contributed by atoms with van der Waals surface area (Å²) in [5.74, 6) is 0.636. The van der Waals surface area contributed by atoms with Crippen molar-refractivity contribution in [2.45, 2.75) is 18.8 Å². The van der Waals surface area contributed by atoms with Gasteiger partial charge >= 0.3 is 0 Å². The first-order valence-corrected chi connectivity index (χ1v) is 8.31.